The van der Waals surface area contributed by atoms with E-state index in [1.165, 1.54) is 19.3 Å². The van der Waals surface area contributed by atoms with Crippen LogP contribution in [0.4, 0.5) is 0 Å². The SMILES string of the molecule is CCCn1cnnc1C1CN(C(=O)CC)CC12CCC2. The molecule has 1 saturated carbocycles. The lowest BCUT2D eigenvalue weighted by molar-refractivity contribution is -0.130. The molecule has 0 aromatic carbocycles. The zero-order valence-electron chi connectivity index (χ0n) is 12.5. The van der Waals surface area contributed by atoms with Crippen LogP contribution in [0.5, 0.6) is 0 Å². The highest BCUT2D eigenvalue weighted by Gasteiger charge is 2.53. The predicted octanol–water partition coefficient (Wildman–Crippen LogP) is 2.19. The number of carbonyl (C=O) groups is 1. The number of aromatic nitrogens is 3. The molecule has 1 unspecified atom stereocenters. The van der Waals surface area contributed by atoms with E-state index in [1.807, 2.05) is 13.3 Å². The second-order valence-corrected chi connectivity index (χ2v) is 6.28. The molecule has 0 N–H and O–H groups in total. The van der Waals surface area contributed by atoms with Crippen molar-refractivity contribution in [3.05, 3.63) is 12.2 Å². The number of likely N-dealkylation sites (tertiary alicyclic amines) is 1. The first-order valence-electron chi connectivity index (χ1n) is 7.85. The minimum atomic E-state index is 0.278. The summed E-state index contributed by atoms with van der Waals surface area (Å²) < 4.78 is 2.19. The van der Waals surface area contributed by atoms with Crippen LogP contribution in [0.2, 0.25) is 0 Å². The van der Waals surface area contributed by atoms with Crippen molar-refractivity contribution in [2.24, 2.45) is 5.41 Å². The third-order valence-corrected chi connectivity index (χ3v) is 5.07. The van der Waals surface area contributed by atoms with E-state index >= 15 is 0 Å². The minimum absolute atomic E-state index is 0.278. The molecular weight excluding hydrogens is 252 g/mol. The molecule has 1 aliphatic heterocycles. The Bertz CT molecular complexity index is 492. The largest absolute Gasteiger partial charge is 0.341 e. The zero-order valence-corrected chi connectivity index (χ0v) is 12.5. The summed E-state index contributed by atoms with van der Waals surface area (Å²) >= 11 is 0. The molecule has 20 heavy (non-hydrogen) atoms. The van der Waals surface area contributed by atoms with Crippen molar-refractivity contribution >= 4 is 5.91 Å². The smallest absolute Gasteiger partial charge is 0.222 e. The first-order valence-corrected chi connectivity index (χ1v) is 7.85. The van der Waals surface area contributed by atoms with Crippen molar-refractivity contribution in [3.63, 3.8) is 0 Å². The Balaban J connectivity index is 1.87. The molecule has 0 bridgehead atoms. The van der Waals surface area contributed by atoms with Crippen molar-refractivity contribution in [2.75, 3.05) is 13.1 Å². The monoisotopic (exact) mass is 276 g/mol. The molecule has 5 heteroatoms. The van der Waals surface area contributed by atoms with Gasteiger partial charge in [0, 0.05) is 32.0 Å². The summed E-state index contributed by atoms with van der Waals surface area (Å²) in [6.45, 7) is 6.84. The minimum Gasteiger partial charge on any atom is -0.341 e. The molecule has 1 atom stereocenters. The van der Waals surface area contributed by atoms with Gasteiger partial charge in [-0.25, -0.2) is 0 Å². The number of aryl methyl sites for hydroxylation is 1. The summed E-state index contributed by atoms with van der Waals surface area (Å²) in [5, 5.41) is 8.50. The Morgan fingerprint density at radius 1 is 1.45 bits per heavy atom. The van der Waals surface area contributed by atoms with E-state index < -0.39 is 0 Å². The van der Waals surface area contributed by atoms with Crippen LogP contribution in [0, 0.1) is 5.41 Å². The van der Waals surface area contributed by atoms with Crippen molar-refractivity contribution in [3.8, 4) is 0 Å². The summed E-state index contributed by atoms with van der Waals surface area (Å²) in [5.41, 5.74) is 0.281. The van der Waals surface area contributed by atoms with Crippen LogP contribution in [0.25, 0.3) is 0 Å². The van der Waals surface area contributed by atoms with Gasteiger partial charge in [-0.3, -0.25) is 4.79 Å². The molecule has 1 amide bonds. The quantitative estimate of drug-likeness (QED) is 0.847. The van der Waals surface area contributed by atoms with Gasteiger partial charge in [0.1, 0.15) is 12.2 Å². The van der Waals surface area contributed by atoms with Gasteiger partial charge in [0.2, 0.25) is 5.91 Å². The molecule has 1 aromatic heterocycles. The lowest BCUT2D eigenvalue weighted by atomic mass is 9.62. The number of rotatable bonds is 4. The zero-order chi connectivity index (χ0) is 14.2. The molecule has 2 heterocycles. The first-order chi connectivity index (χ1) is 9.70. The number of hydrogen-bond acceptors (Lipinski definition) is 3. The van der Waals surface area contributed by atoms with Crippen molar-refractivity contribution in [1.82, 2.24) is 19.7 Å². The van der Waals surface area contributed by atoms with Gasteiger partial charge in [-0.1, -0.05) is 20.3 Å². The summed E-state index contributed by atoms with van der Waals surface area (Å²) in [7, 11) is 0. The Labute approximate surface area is 120 Å². The molecule has 2 fully saturated rings. The maximum absolute atomic E-state index is 12.1. The van der Waals surface area contributed by atoms with E-state index in [1.54, 1.807) is 0 Å². The molecule has 5 nitrogen and oxygen atoms in total. The highest BCUT2D eigenvalue weighted by Crippen LogP contribution is 2.55. The maximum Gasteiger partial charge on any atom is 0.222 e. The highest BCUT2D eigenvalue weighted by atomic mass is 16.2. The van der Waals surface area contributed by atoms with Crippen LogP contribution in [-0.4, -0.2) is 38.7 Å². The standard InChI is InChI=1S/C15H24N4O/c1-3-8-18-11-16-17-14(18)12-9-19(13(20)4-2)10-15(12)6-5-7-15/h11-12H,3-10H2,1-2H3. The Kier molecular flexibility index (Phi) is 3.52. The molecule has 2 aliphatic rings. The van der Waals surface area contributed by atoms with Gasteiger partial charge < -0.3 is 9.47 Å². The second kappa shape index (κ2) is 5.19. The molecule has 1 aliphatic carbocycles. The number of carbonyl (C=O) groups excluding carboxylic acids is 1. The topological polar surface area (TPSA) is 51.0 Å². The average molecular weight is 276 g/mol. The van der Waals surface area contributed by atoms with Crippen LogP contribution >= 0.6 is 0 Å². The van der Waals surface area contributed by atoms with Crippen molar-refractivity contribution in [1.29, 1.82) is 0 Å². The molecule has 110 valence electrons. The summed E-state index contributed by atoms with van der Waals surface area (Å²) in [4.78, 5) is 14.1. The van der Waals surface area contributed by atoms with Crippen LogP contribution in [0.1, 0.15) is 57.7 Å². The van der Waals surface area contributed by atoms with E-state index in [2.05, 4.69) is 26.6 Å². The first kappa shape index (κ1) is 13.6. The van der Waals surface area contributed by atoms with E-state index in [-0.39, 0.29) is 11.3 Å². The summed E-state index contributed by atoms with van der Waals surface area (Å²) in [6.07, 6.45) is 7.27. The highest BCUT2D eigenvalue weighted by molar-refractivity contribution is 5.76. The fraction of sp³-hybridized carbons (Fsp3) is 0.800. The Morgan fingerprint density at radius 3 is 2.85 bits per heavy atom. The van der Waals surface area contributed by atoms with Gasteiger partial charge in [0.15, 0.2) is 0 Å². The molecule has 1 saturated heterocycles. The number of hydrogen-bond donors (Lipinski definition) is 0. The third kappa shape index (κ3) is 2.03. The predicted molar refractivity (Wildman–Crippen MR) is 76.2 cm³/mol. The van der Waals surface area contributed by atoms with E-state index in [0.717, 1.165) is 31.9 Å². The van der Waals surface area contributed by atoms with Crippen LogP contribution < -0.4 is 0 Å². The van der Waals surface area contributed by atoms with E-state index in [4.69, 9.17) is 0 Å². The van der Waals surface area contributed by atoms with Gasteiger partial charge in [-0.2, -0.15) is 0 Å². The fourth-order valence-electron chi connectivity index (χ4n) is 3.82. The van der Waals surface area contributed by atoms with Crippen molar-refractivity contribution < 1.29 is 4.79 Å². The Morgan fingerprint density at radius 2 is 2.25 bits per heavy atom. The summed E-state index contributed by atoms with van der Waals surface area (Å²) in [5.74, 6) is 1.75. The van der Waals surface area contributed by atoms with Gasteiger partial charge in [0.25, 0.3) is 0 Å². The molecular formula is C15H24N4O. The van der Waals surface area contributed by atoms with Crippen LogP contribution in [0.15, 0.2) is 6.33 Å². The van der Waals surface area contributed by atoms with E-state index in [0.29, 0.717) is 12.3 Å². The Hall–Kier alpha value is -1.39. The van der Waals surface area contributed by atoms with Crippen molar-refractivity contribution in [2.45, 2.75) is 58.4 Å². The van der Waals surface area contributed by atoms with E-state index in [9.17, 15) is 4.79 Å². The lowest BCUT2D eigenvalue weighted by Gasteiger charge is -2.42. The normalized spacial score (nSPS) is 24.1. The van der Waals surface area contributed by atoms with Gasteiger partial charge in [-0.05, 0) is 24.7 Å². The fourth-order valence-corrected chi connectivity index (χ4v) is 3.82. The molecule has 1 aromatic rings. The second-order valence-electron chi connectivity index (χ2n) is 6.28. The van der Waals surface area contributed by atoms with Gasteiger partial charge in [-0.15, -0.1) is 10.2 Å². The third-order valence-electron chi connectivity index (χ3n) is 5.07. The summed E-state index contributed by atoms with van der Waals surface area (Å²) in [6, 6.07) is 0. The molecule has 0 radical (unpaired) electrons. The van der Waals surface area contributed by atoms with Crippen LogP contribution in [0.3, 0.4) is 0 Å². The maximum atomic E-state index is 12.1. The molecule has 3 rings (SSSR count). The van der Waals surface area contributed by atoms with Crippen LogP contribution in [-0.2, 0) is 11.3 Å². The number of amides is 1. The van der Waals surface area contributed by atoms with Gasteiger partial charge in [0.05, 0.1) is 0 Å². The lowest BCUT2D eigenvalue weighted by Crippen LogP contribution is -2.38. The van der Waals surface area contributed by atoms with Gasteiger partial charge >= 0.3 is 0 Å². The number of nitrogens with zero attached hydrogens (tertiary/aromatic N) is 4. The molecule has 1 spiro atoms. The average Bonchev–Trinajstić information content (AvgIpc) is 3.01.